The summed E-state index contributed by atoms with van der Waals surface area (Å²) in [6.07, 6.45) is 3.08. The van der Waals surface area contributed by atoms with Crippen LogP contribution in [0.3, 0.4) is 0 Å². The van der Waals surface area contributed by atoms with Gasteiger partial charge in [-0.05, 0) is 20.8 Å². The minimum absolute atomic E-state index is 0.274. The van der Waals surface area contributed by atoms with Gasteiger partial charge in [-0.1, -0.05) is 0 Å². The number of carbonyl (C=O) groups is 1. The third-order valence-electron chi connectivity index (χ3n) is 1.54. The normalized spacial score (nSPS) is 11.1. The molecule has 0 aromatic carbocycles. The lowest BCUT2D eigenvalue weighted by Crippen LogP contribution is -2.41. The summed E-state index contributed by atoms with van der Waals surface area (Å²) in [5.41, 5.74) is -0.274. The van der Waals surface area contributed by atoms with Crippen molar-refractivity contribution < 1.29 is 13.9 Å². The number of carbonyl (C=O) groups excluding carboxylic acids is 1. The molecule has 0 unspecified atom stereocenters. The van der Waals surface area contributed by atoms with E-state index in [0.29, 0.717) is 12.2 Å². The number of amides is 1. The second-order valence-electron chi connectivity index (χ2n) is 4.23. The van der Waals surface area contributed by atoms with Crippen molar-refractivity contribution in [2.24, 2.45) is 0 Å². The van der Waals surface area contributed by atoms with E-state index in [-0.39, 0.29) is 12.1 Å². The van der Waals surface area contributed by atoms with Crippen LogP contribution in [0.2, 0.25) is 0 Å². The highest BCUT2D eigenvalue weighted by Gasteiger charge is 2.14. The maximum atomic E-state index is 11.2. The first-order valence-electron chi connectivity index (χ1n) is 4.80. The molecule has 0 saturated carbocycles. The fraction of sp³-hybridized carbons (Fsp3) is 0.600. The first kappa shape index (κ1) is 11.6. The quantitative estimate of drug-likeness (QED) is 0.828. The summed E-state index contributed by atoms with van der Waals surface area (Å²) in [5.74, 6) is 0.707. The van der Waals surface area contributed by atoms with E-state index in [4.69, 9.17) is 9.15 Å². The average Bonchev–Trinajstić information content (AvgIpc) is 2.53. The molecule has 5 heteroatoms. The molecular weight excluding hydrogens is 196 g/mol. The van der Waals surface area contributed by atoms with Crippen molar-refractivity contribution >= 4 is 6.09 Å². The Labute approximate surface area is 88.8 Å². The van der Waals surface area contributed by atoms with E-state index in [1.807, 2.05) is 20.8 Å². The maximum Gasteiger partial charge on any atom is 0.407 e. The monoisotopic (exact) mass is 212 g/mol. The van der Waals surface area contributed by atoms with Crippen molar-refractivity contribution in [3.8, 4) is 0 Å². The molecule has 0 atom stereocenters. The molecule has 5 nitrogen and oxygen atoms in total. The summed E-state index contributed by atoms with van der Waals surface area (Å²) in [4.78, 5) is 15.0. The van der Waals surface area contributed by atoms with E-state index in [2.05, 4.69) is 10.3 Å². The fourth-order valence-corrected chi connectivity index (χ4v) is 0.952. The van der Waals surface area contributed by atoms with Crippen molar-refractivity contribution in [2.45, 2.75) is 32.7 Å². The zero-order valence-electron chi connectivity index (χ0n) is 9.24. The number of aromatic nitrogens is 1. The molecule has 84 valence electrons. The van der Waals surface area contributed by atoms with E-state index in [1.165, 1.54) is 6.39 Å². The number of nitrogens with one attached hydrogen (secondary N) is 1. The average molecular weight is 212 g/mol. The summed E-state index contributed by atoms with van der Waals surface area (Å²) >= 11 is 0. The molecule has 0 fully saturated rings. The topological polar surface area (TPSA) is 64.4 Å². The third-order valence-corrected chi connectivity index (χ3v) is 1.54. The number of alkyl carbamates (subject to hydrolysis) is 1. The lowest BCUT2D eigenvalue weighted by molar-refractivity contribution is 0.137. The highest BCUT2D eigenvalue weighted by atomic mass is 16.5. The summed E-state index contributed by atoms with van der Waals surface area (Å²) in [7, 11) is 0. The van der Waals surface area contributed by atoms with Crippen molar-refractivity contribution in [2.75, 3.05) is 6.61 Å². The smallest absolute Gasteiger partial charge is 0.407 e. The second-order valence-corrected chi connectivity index (χ2v) is 4.23. The first-order chi connectivity index (χ1) is 6.97. The van der Waals surface area contributed by atoms with Crippen LogP contribution in [-0.4, -0.2) is 23.2 Å². The molecule has 1 aromatic heterocycles. The number of nitrogens with zero attached hydrogens (tertiary/aromatic N) is 1. The molecule has 0 aliphatic heterocycles. The Balaban J connectivity index is 2.18. The van der Waals surface area contributed by atoms with Gasteiger partial charge in [0.2, 0.25) is 0 Å². The van der Waals surface area contributed by atoms with Gasteiger partial charge in [0.05, 0.1) is 6.20 Å². The van der Waals surface area contributed by atoms with Crippen LogP contribution in [0.5, 0.6) is 0 Å². The number of rotatable bonds is 3. The van der Waals surface area contributed by atoms with Gasteiger partial charge in [0.25, 0.3) is 0 Å². The first-order valence-corrected chi connectivity index (χ1v) is 4.80. The molecular formula is C10H16N2O3. The fourth-order valence-electron chi connectivity index (χ4n) is 0.952. The van der Waals surface area contributed by atoms with E-state index >= 15 is 0 Å². The Kier molecular flexibility index (Phi) is 3.71. The predicted octanol–water partition coefficient (Wildman–Crippen LogP) is 1.74. The molecule has 0 spiro atoms. The van der Waals surface area contributed by atoms with E-state index in [0.717, 1.165) is 0 Å². The molecule has 1 heterocycles. The van der Waals surface area contributed by atoms with Crippen molar-refractivity contribution in [1.29, 1.82) is 0 Å². The van der Waals surface area contributed by atoms with E-state index in [1.54, 1.807) is 6.20 Å². The van der Waals surface area contributed by atoms with Crippen LogP contribution in [0, 0.1) is 0 Å². The van der Waals surface area contributed by atoms with Gasteiger partial charge in [0.15, 0.2) is 6.39 Å². The second kappa shape index (κ2) is 4.82. The van der Waals surface area contributed by atoms with Crippen molar-refractivity contribution in [3.05, 3.63) is 18.4 Å². The molecule has 1 amide bonds. The summed E-state index contributed by atoms with van der Waals surface area (Å²) < 4.78 is 9.95. The van der Waals surface area contributed by atoms with E-state index < -0.39 is 6.09 Å². The summed E-state index contributed by atoms with van der Waals surface area (Å²) in [5, 5.41) is 2.69. The minimum Gasteiger partial charge on any atom is -0.449 e. The zero-order chi connectivity index (χ0) is 11.3. The maximum absolute atomic E-state index is 11.2. The van der Waals surface area contributed by atoms with Gasteiger partial charge in [-0.15, -0.1) is 0 Å². The van der Waals surface area contributed by atoms with Gasteiger partial charge in [0.1, 0.15) is 12.4 Å². The molecule has 0 aliphatic carbocycles. The lowest BCUT2D eigenvalue weighted by Gasteiger charge is -2.19. The number of hydrogen-bond acceptors (Lipinski definition) is 4. The Bertz CT molecular complexity index is 301. The SMILES string of the molecule is CC(C)(C)NC(=O)OCCc1cnco1. The standard InChI is InChI=1S/C10H16N2O3/c1-10(2,3)12-9(13)14-5-4-8-6-11-7-15-8/h6-7H,4-5H2,1-3H3,(H,12,13). The zero-order valence-corrected chi connectivity index (χ0v) is 9.24. The summed E-state index contributed by atoms with van der Waals surface area (Å²) in [6.45, 7) is 5.97. The number of oxazole rings is 1. The molecule has 1 N–H and O–H groups in total. The molecule has 1 aromatic rings. The Morgan fingerprint density at radius 3 is 2.87 bits per heavy atom. The van der Waals surface area contributed by atoms with E-state index in [9.17, 15) is 4.79 Å². The van der Waals surface area contributed by atoms with Crippen LogP contribution < -0.4 is 5.32 Å². The Morgan fingerprint density at radius 2 is 2.33 bits per heavy atom. The molecule has 0 radical (unpaired) electrons. The Hall–Kier alpha value is -1.52. The number of hydrogen-bond donors (Lipinski definition) is 1. The minimum atomic E-state index is -0.415. The predicted molar refractivity (Wildman–Crippen MR) is 54.4 cm³/mol. The van der Waals surface area contributed by atoms with Crippen LogP contribution in [0.25, 0.3) is 0 Å². The van der Waals surface area contributed by atoms with Crippen molar-refractivity contribution in [1.82, 2.24) is 10.3 Å². The molecule has 1 rings (SSSR count). The molecule has 0 bridgehead atoms. The molecule has 0 aliphatic rings. The van der Waals surface area contributed by atoms with Gasteiger partial charge in [-0.3, -0.25) is 0 Å². The molecule has 15 heavy (non-hydrogen) atoms. The van der Waals surface area contributed by atoms with Gasteiger partial charge < -0.3 is 14.5 Å². The summed E-state index contributed by atoms with van der Waals surface area (Å²) in [6, 6.07) is 0. The van der Waals surface area contributed by atoms with Crippen LogP contribution in [0.1, 0.15) is 26.5 Å². The highest BCUT2D eigenvalue weighted by Crippen LogP contribution is 2.01. The highest BCUT2D eigenvalue weighted by molar-refractivity contribution is 5.68. The van der Waals surface area contributed by atoms with Gasteiger partial charge >= 0.3 is 6.09 Å². The van der Waals surface area contributed by atoms with Gasteiger partial charge in [-0.25, -0.2) is 9.78 Å². The van der Waals surface area contributed by atoms with Gasteiger partial charge in [-0.2, -0.15) is 0 Å². The van der Waals surface area contributed by atoms with Crippen LogP contribution in [-0.2, 0) is 11.2 Å². The van der Waals surface area contributed by atoms with Crippen LogP contribution >= 0.6 is 0 Å². The van der Waals surface area contributed by atoms with Crippen LogP contribution in [0.15, 0.2) is 17.0 Å². The van der Waals surface area contributed by atoms with Crippen LogP contribution in [0.4, 0.5) is 4.79 Å². The van der Waals surface area contributed by atoms with Crippen molar-refractivity contribution in [3.63, 3.8) is 0 Å². The number of ether oxygens (including phenoxy) is 1. The molecule has 0 saturated heterocycles. The largest absolute Gasteiger partial charge is 0.449 e. The lowest BCUT2D eigenvalue weighted by atomic mass is 10.1. The van der Waals surface area contributed by atoms with Gasteiger partial charge in [0, 0.05) is 12.0 Å². The third kappa shape index (κ3) is 5.05. The Morgan fingerprint density at radius 1 is 1.60 bits per heavy atom.